The fourth-order valence-electron chi connectivity index (χ4n) is 1.22. The Balaban J connectivity index is 2.66. The highest BCUT2D eigenvalue weighted by molar-refractivity contribution is 7.86. The minimum Gasteiger partial charge on any atom is -0.391 e. The molecule has 1 rings (SSSR count). The van der Waals surface area contributed by atoms with Crippen LogP contribution in [0.1, 0.15) is 12.0 Å². The van der Waals surface area contributed by atoms with Crippen LogP contribution in [0.15, 0.2) is 29.2 Å². The zero-order chi connectivity index (χ0) is 12.9. The van der Waals surface area contributed by atoms with E-state index < -0.39 is 16.2 Å². The van der Waals surface area contributed by atoms with Crippen LogP contribution in [0, 0.1) is 6.92 Å². The number of hydrogen-bond acceptors (Lipinski definition) is 5. The second-order valence-corrected chi connectivity index (χ2v) is 5.40. The predicted molar refractivity (Wildman–Crippen MR) is 64.0 cm³/mol. The summed E-state index contributed by atoms with van der Waals surface area (Å²) < 4.78 is 28.1. The zero-order valence-corrected chi connectivity index (χ0v) is 10.5. The lowest BCUT2D eigenvalue weighted by Gasteiger charge is -2.10. The summed E-state index contributed by atoms with van der Waals surface area (Å²) in [5, 5.41) is 9.33. The highest BCUT2D eigenvalue weighted by Crippen LogP contribution is 2.13. The lowest BCUT2D eigenvalue weighted by molar-refractivity contribution is 0.105. The fourth-order valence-corrected chi connectivity index (χ4v) is 2.16. The summed E-state index contributed by atoms with van der Waals surface area (Å²) in [6.07, 6.45) is -0.552. The van der Waals surface area contributed by atoms with Crippen LogP contribution in [-0.2, 0) is 14.3 Å². The van der Waals surface area contributed by atoms with Crippen molar-refractivity contribution in [1.29, 1.82) is 0 Å². The van der Waals surface area contributed by atoms with Crippen LogP contribution in [0.4, 0.5) is 0 Å². The van der Waals surface area contributed by atoms with Crippen molar-refractivity contribution in [3.05, 3.63) is 29.8 Å². The maximum Gasteiger partial charge on any atom is 0.297 e. The summed E-state index contributed by atoms with van der Waals surface area (Å²) in [5.41, 5.74) is 6.20. The van der Waals surface area contributed by atoms with Gasteiger partial charge in [0.1, 0.15) is 0 Å². The Kier molecular flexibility index (Phi) is 5.07. The summed E-state index contributed by atoms with van der Waals surface area (Å²) in [6.45, 7) is 1.88. The summed E-state index contributed by atoms with van der Waals surface area (Å²) in [6, 6.07) is 6.32. The fraction of sp³-hybridized carbons (Fsp3) is 0.455. The van der Waals surface area contributed by atoms with E-state index in [4.69, 9.17) is 9.92 Å². The van der Waals surface area contributed by atoms with Crippen molar-refractivity contribution in [3.8, 4) is 0 Å². The first-order valence-electron chi connectivity index (χ1n) is 5.30. The monoisotopic (exact) mass is 259 g/mol. The van der Waals surface area contributed by atoms with Gasteiger partial charge >= 0.3 is 0 Å². The van der Waals surface area contributed by atoms with E-state index in [0.29, 0.717) is 6.42 Å². The topological polar surface area (TPSA) is 89.6 Å². The quantitative estimate of drug-likeness (QED) is 0.722. The third kappa shape index (κ3) is 4.43. The van der Waals surface area contributed by atoms with Gasteiger partial charge in [0, 0.05) is 0 Å². The van der Waals surface area contributed by atoms with E-state index in [2.05, 4.69) is 0 Å². The molecule has 0 aliphatic heterocycles. The minimum absolute atomic E-state index is 0.0862. The van der Waals surface area contributed by atoms with Gasteiger partial charge in [-0.05, 0) is 32.0 Å². The molecule has 0 saturated carbocycles. The summed E-state index contributed by atoms with van der Waals surface area (Å²) in [4.78, 5) is 0.0862. The maximum absolute atomic E-state index is 11.7. The van der Waals surface area contributed by atoms with Crippen molar-refractivity contribution in [1.82, 2.24) is 0 Å². The van der Waals surface area contributed by atoms with Crippen LogP contribution in [0.3, 0.4) is 0 Å². The van der Waals surface area contributed by atoms with E-state index in [1.54, 1.807) is 12.1 Å². The van der Waals surface area contributed by atoms with Crippen LogP contribution in [0.25, 0.3) is 0 Å². The first-order chi connectivity index (χ1) is 7.95. The van der Waals surface area contributed by atoms with Gasteiger partial charge in [-0.1, -0.05) is 17.7 Å². The van der Waals surface area contributed by atoms with Gasteiger partial charge in [0.15, 0.2) is 0 Å². The van der Waals surface area contributed by atoms with Gasteiger partial charge in [0.25, 0.3) is 10.1 Å². The van der Waals surface area contributed by atoms with E-state index in [9.17, 15) is 13.5 Å². The lowest BCUT2D eigenvalue weighted by Crippen LogP contribution is -2.21. The number of nitrogens with two attached hydrogens (primary N) is 1. The average Bonchev–Trinajstić information content (AvgIpc) is 2.28. The maximum atomic E-state index is 11.7. The summed E-state index contributed by atoms with van der Waals surface area (Å²) in [5.74, 6) is 0. The Bertz CT molecular complexity index is 441. The smallest absolute Gasteiger partial charge is 0.297 e. The highest BCUT2D eigenvalue weighted by atomic mass is 32.2. The van der Waals surface area contributed by atoms with Gasteiger partial charge in [-0.25, -0.2) is 0 Å². The van der Waals surface area contributed by atoms with Crippen molar-refractivity contribution >= 4 is 10.1 Å². The molecule has 0 aromatic heterocycles. The second-order valence-electron chi connectivity index (χ2n) is 3.78. The molecule has 6 heteroatoms. The third-order valence-electron chi connectivity index (χ3n) is 2.23. The Labute approximate surface area is 101 Å². The van der Waals surface area contributed by atoms with Crippen molar-refractivity contribution in [2.45, 2.75) is 24.3 Å². The van der Waals surface area contributed by atoms with Crippen molar-refractivity contribution < 1.29 is 17.7 Å². The molecule has 1 aromatic carbocycles. The van der Waals surface area contributed by atoms with Gasteiger partial charge in [0.05, 0.1) is 17.6 Å². The molecule has 96 valence electrons. The molecule has 0 aliphatic carbocycles. The van der Waals surface area contributed by atoms with Gasteiger partial charge < -0.3 is 10.8 Å². The molecule has 1 atom stereocenters. The predicted octanol–water partition coefficient (Wildman–Crippen LogP) is 0.410. The molecule has 3 N–H and O–H groups in total. The van der Waals surface area contributed by atoms with Crippen molar-refractivity contribution in [3.63, 3.8) is 0 Å². The molecule has 0 amide bonds. The normalized spacial score (nSPS) is 13.6. The molecule has 0 saturated heterocycles. The minimum atomic E-state index is -3.79. The Hall–Kier alpha value is -0.950. The standard InChI is InChI=1S/C11H17NO4S/c1-9-2-4-11(5-3-9)17(14,15)16-8-10(13)6-7-12/h2-5,10,13H,6-8,12H2,1H3/t10-/m0/s1. The van der Waals surface area contributed by atoms with Gasteiger partial charge in [-0.2, -0.15) is 8.42 Å². The van der Waals surface area contributed by atoms with Crippen molar-refractivity contribution in [2.24, 2.45) is 5.73 Å². The number of aliphatic hydroxyl groups excluding tert-OH is 1. The van der Waals surface area contributed by atoms with Crippen LogP contribution >= 0.6 is 0 Å². The Morgan fingerprint density at radius 3 is 2.47 bits per heavy atom. The highest BCUT2D eigenvalue weighted by Gasteiger charge is 2.16. The van der Waals surface area contributed by atoms with Crippen LogP contribution < -0.4 is 5.73 Å². The first-order valence-corrected chi connectivity index (χ1v) is 6.71. The molecule has 0 heterocycles. The average molecular weight is 259 g/mol. The van der Waals surface area contributed by atoms with Crippen LogP contribution in [0.2, 0.25) is 0 Å². The molecular formula is C11H17NO4S. The summed E-state index contributed by atoms with van der Waals surface area (Å²) >= 11 is 0. The first kappa shape index (κ1) is 14.1. The molecule has 0 radical (unpaired) electrons. The van der Waals surface area contributed by atoms with E-state index in [-0.39, 0.29) is 18.0 Å². The van der Waals surface area contributed by atoms with E-state index in [0.717, 1.165) is 5.56 Å². The van der Waals surface area contributed by atoms with Crippen LogP contribution in [-0.4, -0.2) is 32.8 Å². The summed E-state index contributed by atoms with van der Waals surface area (Å²) in [7, 11) is -3.79. The molecule has 0 spiro atoms. The largest absolute Gasteiger partial charge is 0.391 e. The number of rotatable bonds is 6. The van der Waals surface area contributed by atoms with Crippen molar-refractivity contribution in [2.75, 3.05) is 13.2 Å². The molecule has 0 bridgehead atoms. The Morgan fingerprint density at radius 2 is 1.94 bits per heavy atom. The van der Waals surface area contributed by atoms with E-state index >= 15 is 0 Å². The molecule has 17 heavy (non-hydrogen) atoms. The van der Waals surface area contributed by atoms with Gasteiger partial charge in [-0.3, -0.25) is 4.18 Å². The number of aryl methyl sites for hydroxylation is 1. The Morgan fingerprint density at radius 1 is 1.35 bits per heavy atom. The van der Waals surface area contributed by atoms with Gasteiger partial charge in [0.2, 0.25) is 0 Å². The molecule has 5 nitrogen and oxygen atoms in total. The van der Waals surface area contributed by atoms with Gasteiger partial charge in [-0.15, -0.1) is 0 Å². The third-order valence-corrected chi connectivity index (χ3v) is 3.52. The number of aliphatic hydroxyl groups is 1. The number of hydrogen-bond donors (Lipinski definition) is 2. The molecular weight excluding hydrogens is 242 g/mol. The van der Waals surface area contributed by atoms with E-state index in [1.807, 2.05) is 6.92 Å². The lowest BCUT2D eigenvalue weighted by atomic mass is 10.2. The molecule has 1 aromatic rings. The van der Waals surface area contributed by atoms with E-state index in [1.165, 1.54) is 12.1 Å². The number of benzene rings is 1. The van der Waals surface area contributed by atoms with Crippen LogP contribution in [0.5, 0.6) is 0 Å². The second kappa shape index (κ2) is 6.11. The zero-order valence-electron chi connectivity index (χ0n) is 9.67. The SMILES string of the molecule is Cc1ccc(S(=O)(=O)OC[C@@H](O)CCN)cc1. The molecule has 0 aliphatic rings. The molecule has 0 fully saturated rings. The molecule has 0 unspecified atom stereocenters.